The van der Waals surface area contributed by atoms with Crippen molar-refractivity contribution < 1.29 is 4.74 Å². The molecule has 354 valence electrons. The molecule has 3 saturated heterocycles. The van der Waals surface area contributed by atoms with Gasteiger partial charge in [-0.05, 0) is 123 Å². The van der Waals surface area contributed by atoms with E-state index in [1.54, 1.807) is 28.1 Å². The molecule has 0 saturated carbocycles. The maximum atomic E-state index is 6.82. The van der Waals surface area contributed by atoms with E-state index in [0.29, 0.717) is 71.1 Å². The van der Waals surface area contributed by atoms with E-state index in [1.807, 2.05) is 0 Å². The van der Waals surface area contributed by atoms with Crippen molar-refractivity contribution in [2.75, 3.05) is 0 Å². The largest absolute Gasteiger partial charge is 0.486 e. The van der Waals surface area contributed by atoms with Crippen molar-refractivity contribution >= 4 is 0 Å². The Morgan fingerprint density at radius 2 is 1.10 bits per heavy atom. The fourth-order valence-corrected chi connectivity index (χ4v) is 16.6. The SMILES string of the molecule is CC1=C(C2=CC=CCC2)C(C)C(C)C(N2C3C=CC=CC3C3C4C=CC=CC4N(C4C(C)C(C)=C(N5C6=CCCC=C6OC6CCC=CC65)C(C)C4C)C4C=CC=CC4C3C3C=CC=CC32)=C1C. The van der Waals surface area contributed by atoms with E-state index in [4.69, 9.17) is 4.74 Å². The van der Waals surface area contributed by atoms with Crippen molar-refractivity contribution in [2.24, 2.45) is 65.1 Å². The lowest BCUT2D eigenvalue weighted by atomic mass is 9.60. The van der Waals surface area contributed by atoms with Gasteiger partial charge in [-0.15, -0.1) is 0 Å². The van der Waals surface area contributed by atoms with Crippen LogP contribution < -0.4 is 0 Å². The maximum Gasteiger partial charge on any atom is 0.139 e. The molecule has 12 aliphatic rings. The van der Waals surface area contributed by atoms with Crippen molar-refractivity contribution in [3.05, 3.63) is 190 Å². The van der Waals surface area contributed by atoms with Crippen LogP contribution in [0.15, 0.2) is 190 Å². The van der Waals surface area contributed by atoms with Gasteiger partial charge in [-0.2, -0.15) is 0 Å². The lowest BCUT2D eigenvalue weighted by Crippen LogP contribution is -2.60. The molecule has 18 unspecified atom stereocenters. The molecule has 3 fully saturated rings. The number of rotatable bonds is 4. The van der Waals surface area contributed by atoms with Gasteiger partial charge in [-0.25, -0.2) is 0 Å². The summed E-state index contributed by atoms with van der Waals surface area (Å²) in [5, 5.41) is 0. The number of fused-ring (bicyclic) bond motifs is 11. The zero-order chi connectivity index (χ0) is 46.5. The van der Waals surface area contributed by atoms with Crippen LogP contribution in [0.4, 0.5) is 0 Å². The second kappa shape index (κ2) is 17.6. The van der Waals surface area contributed by atoms with Crippen LogP contribution in [-0.2, 0) is 4.74 Å². The fraction of sp³-hybridized carbons (Fsp3) is 0.500. The lowest BCUT2D eigenvalue weighted by molar-refractivity contribution is -0.00790. The first kappa shape index (κ1) is 44.4. The molecule has 0 amide bonds. The van der Waals surface area contributed by atoms with Crippen LogP contribution in [0.2, 0.25) is 0 Å². The first-order valence-corrected chi connectivity index (χ1v) is 27.1. The Hall–Kier alpha value is -4.80. The Morgan fingerprint density at radius 1 is 0.515 bits per heavy atom. The predicted molar refractivity (Wildman–Crippen MR) is 281 cm³/mol. The molecule has 4 heteroatoms. The van der Waals surface area contributed by atoms with Gasteiger partial charge < -0.3 is 14.5 Å². The van der Waals surface area contributed by atoms with E-state index >= 15 is 0 Å². The summed E-state index contributed by atoms with van der Waals surface area (Å²) in [5.41, 5.74) is 12.2. The monoisotopic (exact) mass is 904 g/mol. The summed E-state index contributed by atoms with van der Waals surface area (Å²) in [4.78, 5) is 8.91. The van der Waals surface area contributed by atoms with Gasteiger partial charge in [0, 0.05) is 65.0 Å². The molecule has 4 nitrogen and oxygen atoms in total. The topological polar surface area (TPSA) is 19.0 Å². The van der Waals surface area contributed by atoms with Crippen LogP contribution in [0, 0.1) is 65.1 Å². The zero-order valence-corrected chi connectivity index (χ0v) is 42.2. The average Bonchev–Trinajstić information content (AvgIpc) is 3.58. The summed E-state index contributed by atoms with van der Waals surface area (Å²) in [5.74, 6) is 5.49. The summed E-state index contributed by atoms with van der Waals surface area (Å²) >= 11 is 0. The fourth-order valence-electron chi connectivity index (χ4n) is 16.6. The molecule has 68 heavy (non-hydrogen) atoms. The summed E-state index contributed by atoms with van der Waals surface area (Å²) in [6.07, 6.45) is 64.1. The second-order valence-corrected chi connectivity index (χ2v) is 22.9. The first-order chi connectivity index (χ1) is 33.2. The van der Waals surface area contributed by atoms with Gasteiger partial charge in [0.2, 0.25) is 0 Å². The number of allylic oxidation sites excluding steroid dienone is 20. The molecule has 0 aromatic heterocycles. The zero-order valence-electron chi connectivity index (χ0n) is 42.2. The molecule has 0 radical (unpaired) electrons. The van der Waals surface area contributed by atoms with Gasteiger partial charge in [0.1, 0.15) is 11.9 Å². The third-order valence-electron chi connectivity index (χ3n) is 20.0. The van der Waals surface area contributed by atoms with E-state index < -0.39 is 0 Å². The average molecular weight is 904 g/mol. The highest BCUT2D eigenvalue weighted by Crippen LogP contribution is 2.59. The van der Waals surface area contributed by atoms with Crippen LogP contribution in [-0.4, -0.2) is 57.1 Å². The number of morpholine rings is 1. The number of ether oxygens (including phenoxy) is 1. The molecular formula is C64H77N3O. The van der Waals surface area contributed by atoms with Gasteiger partial charge >= 0.3 is 0 Å². The minimum absolute atomic E-state index is 0.200. The molecule has 9 aliphatic carbocycles. The van der Waals surface area contributed by atoms with Crippen molar-refractivity contribution in [1.82, 2.24) is 14.7 Å². The van der Waals surface area contributed by atoms with Crippen molar-refractivity contribution in [2.45, 2.75) is 136 Å². The molecule has 3 aliphatic heterocycles. The molecular weight excluding hydrogens is 827 g/mol. The van der Waals surface area contributed by atoms with Crippen molar-refractivity contribution in [3.8, 4) is 0 Å². The number of likely N-dealkylation sites (tertiary alicyclic amines) is 2. The van der Waals surface area contributed by atoms with E-state index in [1.165, 1.54) is 16.8 Å². The minimum Gasteiger partial charge on any atom is -0.486 e. The number of hydrogen-bond donors (Lipinski definition) is 0. The molecule has 0 bridgehead atoms. The van der Waals surface area contributed by atoms with Crippen molar-refractivity contribution in [1.29, 1.82) is 0 Å². The highest BCUT2D eigenvalue weighted by atomic mass is 16.5. The normalized spacial score (nSPS) is 43.3. The van der Waals surface area contributed by atoms with Crippen LogP contribution in [0.5, 0.6) is 0 Å². The summed E-state index contributed by atoms with van der Waals surface area (Å²) in [6.45, 7) is 20.3. The van der Waals surface area contributed by atoms with Gasteiger partial charge in [0.15, 0.2) is 0 Å². The quantitative estimate of drug-likeness (QED) is 0.262. The predicted octanol–water partition coefficient (Wildman–Crippen LogP) is 14.0. The molecule has 0 aromatic rings. The molecule has 12 rings (SSSR count). The Kier molecular flexibility index (Phi) is 11.5. The smallest absolute Gasteiger partial charge is 0.139 e. The molecule has 0 N–H and O–H groups in total. The van der Waals surface area contributed by atoms with Crippen LogP contribution in [0.25, 0.3) is 0 Å². The number of nitrogens with zero attached hydrogens (tertiary/aromatic N) is 3. The van der Waals surface area contributed by atoms with E-state index in [0.717, 1.165) is 44.3 Å². The molecule has 18 atom stereocenters. The standard InChI is InChI=1S/C64H77N3O/c1-38-40(3)62(41(4)39(2)59(38)46-24-10-9-11-25-46)65-51-30-16-12-26-47(51)60-49-28-14-18-32-53(49)66(54-33-19-15-29-50(54)61(60)48-27-13-17-31-52(48)65)63-42(5)44(7)64(45(8)43(63)6)67-55-34-20-22-36-57(55)68-58-37-23-21-35-56(58)67/h9-10,12-20,24,26-35,37-38,40,42-44,47-55,57,60-61,63H,11,21-23,25,36H2,1-8H3. The summed E-state index contributed by atoms with van der Waals surface area (Å²) < 4.78 is 6.82. The van der Waals surface area contributed by atoms with E-state index in [9.17, 15) is 0 Å². The highest BCUT2D eigenvalue weighted by molar-refractivity contribution is 5.53. The van der Waals surface area contributed by atoms with Crippen LogP contribution in [0.1, 0.15) is 93.9 Å². The van der Waals surface area contributed by atoms with Gasteiger partial charge in [-0.1, -0.05) is 168 Å². The third kappa shape index (κ3) is 6.76. The molecule has 0 spiro atoms. The van der Waals surface area contributed by atoms with Gasteiger partial charge in [-0.3, -0.25) is 4.90 Å². The maximum absolute atomic E-state index is 6.82. The van der Waals surface area contributed by atoms with Crippen LogP contribution >= 0.6 is 0 Å². The second-order valence-electron chi connectivity index (χ2n) is 22.9. The Balaban J connectivity index is 0.985. The minimum atomic E-state index is 0.200. The van der Waals surface area contributed by atoms with Crippen LogP contribution in [0.3, 0.4) is 0 Å². The Labute approximate surface area is 409 Å². The Morgan fingerprint density at radius 3 is 1.72 bits per heavy atom. The van der Waals surface area contributed by atoms with Crippen molar-refractivity contribution in [3.63, 3.8) is 0 Å². The highest BCUT2D eigenvalue weighted by Gasteiger charge is 2.60. The lowest BCUT2D eigenvalue weighted by Gasteiger charge is -2.56. The molecule has 0 aromatic carbocycles. The van der Waals surface area contributed by atoms with E-state index in [2.05, 4.69) is 210 Å². The summed E-state index contributed by atoms with van der Waals surface area (Å²) in [6, 6.07) is 1.71. The van der Waals surface area contributed by atoms with E-state index in [-0.39, 0.29) is 36.3 Å². The molecule has 3 heterocycles. The van der Waals surface area contributed by atoms with Gasteiger partial charge in [0.05, 0.1) is 23.8 Å². The summed E-state index contributed by atoms with van der Waals surface area (Å²) in [7, 11) is 0. The Bertz CT molecular complexity index is 2510. The third-order valence-corrected chi connectivity index (χ3v) is 20.0. The first-order valence-electron chi connectivity index (χ1n) is 27.1. The van der Waals surface area contributed by atoms with Gasteiger partial charge in [0.25, 0.3) is 0 Å². The number of hydrogen-bond acceptors (Lipinski definition) is 4.